The zero-order chi connectivity index (χ0) is 25.5. The molecule has 0 N–H and O–H groups in total. The maximum absolute atomic E-state index is 13.0. The predicted molar refractivity (Wildman–Crippen MR) is 150 cm³/mol. The van der Waals surface area contributed by atoms with Crippen molar-refractivity contribution in [2.24, 2.45) is 0 Å². The minimum Gasteiger partial charge on any atom is -0.490 e. The molecule has 1 aliphatic rings. The lowest BCUT2D eigenvalue weighted by molar-refractivity contribution is -0.122. The Kier molecular flexibility index (Phi) is 8.67. The largest absolute Gasteiger partial charge is 0.490 e. The molecule has 1 amide bonds. The number of ether oxygens (including phenoxy) is 3. The van der Waals surface area contributed by atoms with Crippen LogP contribution in [-0.4, -0.2) is 34.9 Å². The number of amides is 1. The van der Waals surface area contributed by atoms with Crippen molar-refractivity contribution in [1.29, 1.82) is 0 Å². The summed E-state index contributed by atoms with van der Waals surface area (Å²) < 4.78 is 18.2. The summed E-state index contributed by atoms with van der Waals surface area (Å²) in [6.07, 6.45) is 1.85. The van der Waals surface area contributed by atoms with Crippen molar-refractivity contribution >= 4 is 40.3 Å². The fourth-order valence-corrected chi connectivity index (χ4v) is 5.08. The predicted octanol–water partition coefficient (Wildman–Crippen LogP) is 6.56. The molecule has 0 aromatic heterocycles. The standard InChI is InChI=1S/C29H29NO4S2/c1-4-32-26-17-23(11-13-25(26)34-15-14-33-24-12-10-20(2)16-21(24)3)18-27-28(31)30(29(35)36-27)19-22-8-6-5-7-9-22/h5-13,16-18H,4,14-15,19H2,1-3H3. The van der Waals surface area contributed by atoms with Gasteiger partial charge < -0.3 is 14.2 Å². The number of rotatable bonds is 10. The lowest BCUT2D eigenvalue weighted by Crippen LogP contribution is -2.27. The number of hydrogen-bond acceptors (Lipinski definition) is 6. The van der Waals surface area contributed by atoms with Gasteiger partial charge in [0.05, 0.1) is 18.1 Å². The van der Waals surface area contributed by atoms with Crippen LogP contribution >= 0.6 is 24.0 Å². The normalized spacial score (nSPS) is 14.4. The highest BCUT2D eigenvalue weighted by molar-refractivity contribution is 8.26. The molecule has 3 aromatic carbocycles. The summed E-state index contributed by atoms with van der Waals surface area (Å²) in [6.45, 7) is 7.78. The van der Waals surface area contributed by atoms with E-state index in [1.165, 1.54) is 17.3 Å². The third-order valence-electron chi connectivity index (χ3n) is 5.55. The van der Waals surface area contributed by atoms with Crippen LogP contribution in [0.3, 0.4) is 0 Å². The maximum atomic E-state index is 13.0. The third kappa shape index (κ3) is 6.47. The monoisotopic (exact) mass is 519 g/mol. The Bertz CT molecular complexity index is 1270. The molecular formula is C29H29NO4S2. The van der Waals surface area contributed by atoms with Gasteiger partial charge in [0.2, 0.25) is 0 Å². The van der Waals surface area contributed by atoms with E-state index < -0.39 is 0 Å². The molecule has 0 bridgehead atoms. The van der Waals surface area contributed by atoms with E-state index in [0.29, 0.717) is 47.1 Å². The van der Waals surface area contributed by atoms with Crippen molar-refractivity contribution in [2.75, 3.05) is 19.8 Å². The van der Waals surface area contributed by atoms with Gasteiger partial charge in [-0.3, -0.25) is 9.69 Å². The van der Waals surface area contributed by atoms with Crippen molar-refractivity contribution in [3.63, 3.8) is 0 Å². The van der Waals surface area contributed by atoms with Crippen LogP contribution in [0.5, 0.6) is 17.2 Å². The summed E-state index contributed by atoms with van der Waals surface area (Å²) in [5.74, 6) is 2.03. The van der Waals surface area contributed by atoms with Crippen LogP contribution in [0.15, 0.2) is 71.6 Å². The Morgan fingerprint density at radius 3 is 2.33 bits per heavy atom. The molecule has 7 heteroatoms. The molecule has 0 unspecified atom stereocenters. The second kappa shape index (κ2) is 12.1. The van der Waals surface area contributed by atoms with Gasteiger partial charge in [0.1, 0.15) is 23.3 Å². The van der Waals surface area contributed by atoms with Crippen LogP contribution in [0.1, 0.15) is 29.2 Å². The topological polar surface area (TPSA) is 48.0 Å². The maximum Gasteiger partial charge on any atom is 0.266 e. The number of nitrogens with zero attached hydrogens (tertiary/aromatic N) is 1. The highest BCUT2D eigenvalue weighted by Gasteiger charge is 2.32. The van der Waals surface area contributed by atoms with Crippen molar-refractivity contribution in [3.8, 4) is 17.2 Å². The van der Waals surface area contributed by atoms with E-state index >= 15 is 0 Å². The molecule has 1 heterocycles. The SMILES string of the molecule is CCOc1cc(C=C2SC(=S)N(Cc3ccccc3)C2=O)ccc1OCCOc1ccc(C)cc1C. The quantitative estimate of drug-likeness (QED) is 0.172. The van der Waals surface area contributed by atoms with Gasteiger partial charge in [-0.25, -0.2) is 0 Å². The Morgan fingerprint density at radius 1 is 0.889 bits per heavy atom. The molecule has 36 heavy (non-hydrogen) atoms. The first-order chi connectivity index (χ1) is 17.4. The molecule has 0 saturated carbocycles. The second-order valence-corrected chi connectivity index (χ2v) is 10.0. The van der Waals surface area contributed by atoms with Crippen LogP contribution in [0.25, 0.3) is 6.08 Å². The van der Waals surface area contributed by atoms with Crippen molar-refractivity contribution in [3.05, 3.63) is 93.9 Å². The Hall–Kier alpha value is -3.29. The fraction of sp³-hybridized carbons (Fsp3) is 0.241. The van der Waals surface area contributed by atoms with Crippen molar-refractivity contribution in [2.45, 2.75) is 27.3 Å². The van der Waals surface area contributed by atoms with Crippen LogP contribution in [0.4, 0.5) is 0 Å². The van der Waals surface area contributed by atoms with E-state index in [2.05, 4.69) is 13.0 Å². The summed E-state index contributed by atoms with van der Waals surface area (Å²) >= 11 is 6.79. The number of carbonyl (C=O) groups excluding carboxylic acids is 1. The van der Waals surface area contributed by atoms with E-state index in [1.807, 2.05) is 80.6 Å². The number of benzene rings is 3. The number of thioether (sulfide) groups is 1. The molecule has 0 radical (unpaired) electrons. The Labute approximate surface area is 222 Å². The number of hydrogen-bond donors (Lipinski definition) is 0. The lowest BCUT2D eigenvalue weighted by atomic mass is 10.1. The van der Waals surface area contributed by atoms with Gasteiger partial charge in [0.15, 0.2) is 11.5 Å². The average molecular weight is 520 g/mol. The van der Waals surface area contributed by atoms with E-state index in [1.54, 1.807) is 4.90 Å². The van der Waals surface area contributed by atoms with Gasteiger partial charge in [-0.1, -0.05) is 78.1 Å². The third-order valence-corrected chi connectivity index (χ3v) is 6.93. The lowest BCUT2D eigenvalue weighted by Gasteiger charge is -2.14. The smallest absolute Gasteiger partial charge is 0.266 e. The van der Waals surface area contributed by atoms with Gasteiger partial charge in [-0.15, -0.1) is 0 Å². The van der Waals surface area contributed by atoms with Crippen molar-refractivity contribution < 1.29 is 19.0 Å². The van der Waals surface area contributed by atoms with Crippen LogP contribution in [0.2, 0.25) is 0 Å². The molecule has 1 fully saturated rings. The number of aryl methyl sites for hydroxylation is 2. The van der Waals surface area contributed by atoms with Gasteiger partial charge in [0, 0.05) is 0 Å². The highest BCUT2D eigenvalue weighted by atomic mass is 32.2. The first kappa shape index (κ1) is 25.8. The van der Waals surface area contributed by atoms with Crippen molar-refractivity contribution in [1.82, 2.24) is 4.90 Å². The molecule has 0 aliphatic carbocycles. The average Bonchev–Trinajstić information content (AvgIpc) is 3.12. The Morgan fingerprint density at radius 2 is 1.61 bits per heavy atom. The zero-order valence-corrected chi connectivity index (χ0v) is 22.3. The summed E-state index contributed by atoms with van der Waals surface area (Å²) in [4.78, 5) is 15.2. The van der Waals surface area contributed by atoms with Crippen LogP contribution < -0.4 is 14.2 Å². The molecule has 0 atom stereocenters. The molecule has 1 saturated heterocycles. The summed E-state index contributed by atoms with van der Waals surface area (Å²) in [5.41, 5.74) is 4.19. The summed E-state index contributed by atoms with van der Waals surface area (Å²) in [6, 6.07) is 21.6. The van der Waals surface area contributed by atoms with Crippen LogP contribution in [0, 0.1) is 13.8 Å². The van der Waals surface area contributed by atoms with Gasteiger partial charge in [-0.2, -0.15) is 0 Å². The van der Waals surface area contributed by atoms with E-state index in [4.69, 9.17) is 26.4 Å². The fourth-order valence-electron chi connectivity index (χ4n) is 3.82. The van der Waals surface area contributed by atoms with Gasteiger partial charge >= 0.3 is 0 Å². The molecule has 0 spiro atoms. The van der Waals surface area contributed by atoms with E-state index in [9.17, 15) is 4.79 Å². The van der Waals surface area contributed by atoms with Crippen LogP contribution in [-0.2, 0) is 11.3 Å². The minimum absolute atomic E-state index is 0.0873. The van der Waals surface area contributed by atoms with Gasteiger partial charge in [0.25, 0.3) is 5.91 Å². The van der Waals surface area contributed by atoms with E-state index in [0.717, 1.165) is 22.4 Å². The number of carbonyl (C=O) groups is 1. The molecule has 5 nitrogen and oxygen atoms in total. The molecule has 4 rings (SSSR count). The summed E-state index contributed by atoms with van der Waals surface area (Å²) in [7, 11) is 0. The highest BCUT2D eigenvalue weighted by Crippen LogP contribution is 2.35. The number of thiocarbonyl (C=S) groups is 1. The second-order valence-electron chi connectivity index (χ2n) is 8.36. The van der Waals surface area contributed by atoms with E-state index in [-0.39, 0.29) is 5.91 Å². The minimum atomic E-state index is -0.0873. The first-order valence-corrected chi connectivity index (χ1v) is 13.1. The molecule has 186 valence electrons. The summed E-state index contributed by atoms with van der Waals surface area (Å²) in [5, 5.41) is 0. The first-order valence-electron chi connectivity index (χ1n) is 11.8. The Balaban J connectivity index is 1.41. The zero-order valence-electron chi connectivity index (χ0n) is 20.7. The molecular weight excluding hydrogens is 490 g/mol. The van der Waals surface area contributed by atoms with Gasteiger partial charge in [-0.05, 0) is 61.7 Å². The molecule has 1 aliphatic heterocycles. The molecule has 3 aromatic rings.